The second kappa shape index (κ2) is 6.94. The summed E-state index contributed by atoms with van der Waals surface area (Å²) in [6.45, 7) is 2.57. The van der Waals surface area contributed by atoms with Gasteiger partial charge in [0, 0.05) is 31.0 Å². The second-order valence-electron chi connectivity index (χ2n) is 6.33. The maximum atomic E-state index is 11.6. The van der Waals surface area contributed by atoms with Crippen LogP contribution in [-0.4, -0.2) is 35.6 Å². The van der Waals surface area contributed by atoms with Crippen molar-refractivity contribution in [2.75, 3.05) is 18.5 Å². The number of rotatable bonds is 3. The van der Waals surface area contributed by atoms with Gasteiger partial charge in [-0.3, -0.25) is 9.78 Å². The smallest absolute Gasteiger partial charge is 0.269 e. The summed E-state index contributed by atoms with van der Waals surface area (Å²) in [6, 6.07) is 10.4. The van der Waals surface area contributed by atoms with Crippen LogP contribution in [0.2, 0.25) is 5.02 Å². The third-order valence-electron chi connectivity index (χ3n) is 5.02. The first-order chi connectivity index (χ1) is 12.4. The lowest BCUT2D eigenvalue weighted by Crippen LogP contribution is -2.40. The number of nitrogens with one attached hydrogen (secondary N) is 1. The van der Waals surface area contributed by atoms with E-state index < -0.39 is 5.60 Å². The van der Waals surface area contributed by atoms with Gasteiger partial charge < -0.3 is 15.3 Å². The Balaban J connectivity index is 1.87. The number of carbonyl (C=O) groups excluding carboxylic acids is 1. The molecule has 134 valence electrons. The highest BCUT2D eigenvalue weighted by Crippen LogP contribution is 2.40. The number of carbonyl (C=O) groups is 1. The highest BCUT2D eigenvalue weighted by atomic mass is 35.5. The molecule has 2 aromatic rings. The summed E-state index contributed by atoms with van der Waals surface area (Å²) in [5, 5.41) is 23.2. The van der Waals surface area contributed by atoms with Crippen LogP contribution in [0.15, 0.2) is 36.5 Å². The molecule has 1 aliphatic heterocycles. The summed E-state index contributed by atoms with van der Waals surface area (Å²) >= 11 is 6.15. The Hall–Kier alpha value is -2.62. The zero-order valence-corrected chi connectivity index (χ0v) is 15.3. The van der Waals surface area contributed by atoms with E-state index in [0.29, 0.717) is 34.8 Å². The van der Waals surface area contributed by atoms with Gasteiger partial charge in [0.2, 0.25) is 0 Å². The molecular weight excluding hydrogens is 352 g/mol. The lowest BCUT2D eigenvalue weighted by atomic mass is 9.88. The highest BCUT2D eigenvalue weighted by molar-refractivity contribution is 6.32. The third kappa shape index (κ3) is 3.00. The van der Waals surface area contributed by atoms with Crippen molar-refractivity contribution in [2.45, 2.75) is 25.0 Å². The Morgan fingerprint density at radius 2 is 2.23 bits per heavy atom. The van der Waals surface area contributed by atoms with Gasteiger partial charge in [0.1, 0.15) is 17.4 Å². The second-order valence-corrected chi connectivity index (χ2v) is 6.74. The van der Waals surface area contributed by atoms with Crippen LogP contribution >= 0.6 is 11.6 Å². The van der Waals surface area contributed by atoms with Crippen LogP contribution in [0.4, 0.5) is 5.69 Å². The quantitative estimate of drug-likeness (QED) is 0.866. The molecule has 0 aliphatic carbocycles. The number of pyridine rings is 1. The van der Waals surface area contributed by atoms with Crippen molar-refractivity contribution in [3.05, 3.63) is 58.4 Å². The first-order valence-corrected chi connectivity index (χ1v) is 8.66. The maximum Gasteiger partial charge on any atom is 0.269 e. The zero-order valence-electron chi connectivity index (χ0n) is 14.5. The predicted molar refractivity (Wildman–Crippen MR) is 99.1 cm³/mol. The highest BCUT2D eigenvalue weighted by Gasteiger charge is 2.45. The molecule has 0 radical (unpaired) electrons. The Kier molecular flexibility index (Phi) is 4.86. The molecule has 0 unspecified atom stereocenters. The van der Waals surface area contributed by atoms with Crippen molar-refractivity contribution in [2.24, 2.45) is 0 Å². The molecule has 0 spiro atoms. The summed E-state index contributed by atoms with van der Waals surface area (Å²) in [6.07, 6.45) is 2.07. The van der Waals surface area contributed by atoms with Gasteiger partial charge in [-0.05, 0) is 37.6 Å². The first-order valence-electron chi connectivity index (χ1n) is 8.28. The van der Waals surface area contributed by atoms with Gasteiger partial charge in [-0.25, -0.2) is 0 Å². The lowest BCUT2D eigenvalue weighted by molar-refractivity contribution is 0.0326. The molecule has 0 bridgehead atoms. The van der Waals surface area contributed by atoms with E-state index in [1.165, 1.54) is 0 Å². The van der Waals surface area contributed by atoms with Gasteiger partial charge in [0.25, 0.3) is 5.91 Å². The minimum atomic E-state index is -1.09. The number of aliphatic hydroxyl groups is 1. The molecule has 1 aromatic carbocycles. The zero-order chi connectivity index (χ0) is 18.9. The van der Waals surface area contributed by atoms with Gasteiger partial charge >= 0.3 is 0 Å². The molecule has 0 saturated carbocycles. The molecule has 1 amide bonds. The number of amides is 1. The van der Waals surface area contributed by atoms with E-state index in [9.17, 15) is 9.90 Å². The SMILES string of the molecule is CNC(=O)c1ccc([C@@]2(O)CCN(c3ccc(C#N)c(Cl)c3)[C@@H]2C)cn1. The summed E-state index contributed by atoms with van der Waals surface area (Å²) in [5.74, 6) is -0.267. The van der Waals surface area contributed by atoms with Crippen molar-refractivity contribution in [3.63, 3.8) is 0 Å². The lowest BCUT2D eigenvalue weighted by Gasteiger charge is -2.33. The monoisotopic (exact) mass is 370 g/mol. The number of hydrogen-bond donors (Lipinski definition) is 2. The van der Waals surface area contributed by atoms with Crippen molar-refractivity contribution < 1.29 is 9.90 Å². The molecule has 2 atom stereocenters. The Morgan fingerprint density at radius 1 is 1.46 bits per heavy atom. The van der Waals surface area contributed by atoms with Crippen molar-refractivity contribution >= 4 is 23.2 Å². The fourth-order valence-corrected chi connectivity index (χ4v) is 3.59. The third-order valence-corrected chi connectivity index (χ3v) is 5.33. The van der Waals surface area contributed by atoms with Crippen LogP contribution in [0, 0.1) is 11.3 Å². The van der Waals surface area contributed by atoms with E-state index in [1.807, 2.05) is 19.1 Å². The topological polar surface area (TPSA) is 89.2 Å². The van der Waals surface area contributed by atoms with Gasteiger partial charge in [0.15, 0.2) is 0 Å². The normalized spacial score (nSPS) is 22.1. The standard InChI is InChI=1S/C19H19ClN4O2/c1-12-19(26,14-4-6-17(23-11-14)18(25)22-2)7-8-24(12)15-5-3-13(10-21)16(20)9-15/h3-6,9,11-12,26H,7-8H2,1-2H3,(H,22,25)/t12-,19-/m1/s1. The summed E-state index contributed by atoms with van der Waals surface area (Å²) < 4.78 is 0. The number of aromatic nitrogens is 1. The molecule has 3 rings (SSSR count). The molecule has 6 nitrogen and oxygen atoms in total. The Bertz CT molecular complexity index is 878. The fourth-order valence-electron chi connectivity index (χ4n) is 3.38. The van der Waals surface area contributed by atoms with E-state index in [-0.39, 0.29) is 11.9 Å². The summed E-state index contributed by atoms with van der Waals surface area (Å²) in [7, 11) is 1.55. The summed E-state index contributed by atoms with van der Waals surface area (Å²) in [4.78, 5) is 17.8. The molecule has 7 heteroatoms. The van der Waals surface area contributed by atoms with E-state index in [4.69, 9.17) is 16.9 Å². The minimum Gasteiger partial charge on any atom is -0.383 e. The molecule has 1 saturated heterocycles. The van der Waals surface area contributed by atoms with Crippen LogP contribution in [0.1, 0.15) is 35.0 Å². The Morgan fingerprint density at radius 3 is 2.81 bits per heavy atom. The van der Waals surface area contributed by atoms with Crippen LogP contribution in [0.3, 0.4) is 0 Å². The average molecular weight is 371 g/mol. The Labute approximate surface area is 157 Å². The van der Waals surface area contributed by atoms with E-state index in [2.05, 4.69) is 15.2 Å². The largest absolute Gasteiger partial charge is 0.383 e. The van der Waals surface area contributed by atoms with Gasteiger partial charge in [-0.1, -0.05) is 17.7 Å². The maximum absolute atomic E-state index is 11.6. The molecule has 2 heterocycles. The molecule has 1 fully saturated rings. The average Bonchev–Trinajstić information content (AvgIpc) is 2.97. The number of nitriles is 1. The van der Waals surface area contributed by atoms with E-state index in [1.54, 1.807) is 37.5 Å². The van der Waals surface area contributed by atoms with Crippen LogP contribution in [0.25, 0.3) is 0 Å². The molecule has 26 heavy (non-hydrogen) atoms. The van der Waals surface area contributed by atoms with Crippen LogP contribution in [0.5, 0.6) is 0 Å². The first kappa shape index (κ1) is 18.2. The number of nitrogens with zero attached hydrogens (tertiary/aromatic N) is 3. The van der Waals surface area contributed by atoms with Crippen molar-refractivity contribution in [1.82, 2.24) is 10.3 Å². The number of hydrogen-bond acceptors (Lipinski definition) is 5. The van der Waals surface area contributed by atoms with Gasteiger partial charge in [-0.15, -0.1) is 0 Å². The predicted octanol–water partition coefficient (Wildman–Crippen LogP) is 2.45. The number of halogens is 1. The minimum absolute atomic E-state index is 0.223. The van der Waals surface area contributed by atoms with Crippen molar-refractivity contribution in [3.8, 4) is 6.07 Å². The van der Waals surface area contributed by atoms with Crippen LogP contribution in [-0.2, 0) is 5.60 Å². The molecular formula is C19H19ClN4O2. The van der Waals surface area contributed by atoms with Gasteiger partial charge in [-0.2, -0.15) is 5.26 Å². The fraction of sp³-hybridized carbons (Fsp3) is 0.316. The van der Waals surface area contributed by atoms with E-state index in [0.717, 1.165) is 5.69 Å². The molecule has 2 N–H and O–H groups in total. The molecule has 1 aliphatic rings. The van der Waals surface area contributed by atoms with Crippen molar-refractivity contribution in [1.29, 1.82) is 5.26 Å². The summed E-state index contributed by atoms with van der Waals surface area (Å²) in [5.41, 5.74) is 1.16. The molecule has 1 aromatic heterocycles. The number of benzene rings is 1. The van der Waals surface area contributed by atoms with Crippen LogP contribution < -0.4 is 10.2 Å². The van der Waals surface area contributed by atoms with Gasteiger partial charge in [0.05, 0.1) is 16.6 Å². The number of anilines is 1. The van der Waals surface area contributed by atoms with E-state index >= 15 is 0 Å².